The van der Waals surface area contributed by atoms with Gasteiger partial charge in [0.15, 0.2) is 5.65 Å². The van der Waals surface area contributed by atoms with E-state index in [1.165, 1.54) is 24.8 Å². The molecule has 0 spiro atoms. The summed E-state index contributed by atoms with van der Waals surface area (Å²) in [5, 5.41) is 21.7. The second kappa shape index (κ2) is 6.49. The summed E-state index contributed by atoms with van der Waals surface area (Å²) in [6, 6.07) is 14.3. The first-order chi connectivity index (χ1) is 13.6. The molecular weight excluding hydrogens is 352 g/mol. The minimum absolute atomic E-state index is 0.204. The number of nitrogens with one attached hydrogen (secondary N) is 2. The number of phenolic OH excluding ortho intramolecular Hbond substituents is 1. The van der Waals surface area contributed by atoms with Crippen molar-refractivity contribution in [1.29, 1.82) is 0 Å². The number of H-pyrrole nitrogens is 1. The zero-order valence-electron chi connectivity index (χ0n) is 15.7. The first-order valence-electron chi connectivity index (χ1n) is 9.66. The zero-order chi connectivity index (χ0) is 19.3. The second-order valence-corrected chi connectivity index (χ2v) is 7.65. The van der Waals surface area contributed by atoms with Gasteiger partial charge < -0.3 is 10.4 Å². The molecule has 0 saturated heterocycles. The number of aromatic hydroxyl groups is 1. The Balaban J connectivity index is 1.62. The molecule has 6 nitrogen and oxygen atoms in total. The van der Waals surface area contributed by atoms with Gasteiger partial charge >= 0.3 is 5.69 Å². The summed E-state index contributed by atoms with van der Waals surface area (Å²) in [6.45, 7) is 2.77. The van der Waals surface area contributed by atoms with Crippen molar-refractivity contribution in [3.05, 3.63) is 64.1 Å². The number of aryl methyl sites for hydroxylation is 1. The van der Waals surface area contributed by atoms with E-state index in [-0.39, 0.29) is 11.4 Å². The van der Waals surface area contributed by atoms with Crippen LogP contribution in [-0.2, 0) is 6.54 Å². The van der Waals surface area contributed by atoms with E-state index in [2.05, 4.69) is 27.6 Å². The molecule has 0 radical (unpaired) electrons. The molecule has 28 heavy (non-hydrogen) atoms. The predicted molar refractivity (Wildman–Crippen MR) is 110 cm³/mol. The van der Waals surface area contributed by atoms with Crippen LogP contribution in [0.2, 0.25) is 0 Å². The molecule has 3 N–H and O–H groups in total. The Labute approximate surface area is 161 Å². The quantitative estimate of drug-likeness (QED) is 0.511. The normalized spacial score (nSPS) is 14.6. The molecule has 142 valence electrons. The summed E-state index contributed by atoms with van der Waals surface area (Å²) in [6.07, 6.45) is 3.81. The van der Waals surface area contributed by atoms with Crippen molar-refractivity contribution in [3.63, 3.8) is 0 Å². The minimum Gasteiger partial charge on any atom is -0.507 e. The van der Waals surface area contributed by atoms with Crippen molar-refractivity contribution in [1.82, 2.24) is 19.9 Å². The maximum atomic E-state index is 12.2. The van der Waals surface area contributed by atoms with Crippen LogP contribution in [0.15, 0.2) is 47.3 Å². The standard InChI is InChI=1S/C22H22N4O2/c1-13-8-21-24-25-22(28)26(21)19-10-18(20(27)11-17(13)19)15-5-2-4-14(9-15)12-23-16-6-3-7-16/h2,4-5,8-11,16,23,27H,3,6-7,12H2,1H3,(H,25,28). The van der Waals surface area contributed by atoms with E-state index in [1.54, 1.807) is 10.5 Å². The van der Waals surface area contributed by atoms with Gasteiger partial charge in [0.05, 0.1) is 5.52 Å². The third kappa shape index (κ3) is 2.77. The monoisotopic (exact) mass is 374 g/mol. The van der Waals surface area contributed by atoms with Crippen LogP contribution in [0.25, 0.3) is 27.7 Å². The summed E-state index contributed by atoms with van der Waals surface area (Å²) >= 11 is 0. The molecular formula is C22H22N4O2. The number of aromatic amines is 1. The molecule has 1 aliphatic carbocycles. The highest BCUT2D eigenvalue weighted by Gasteiger charge is 2.17. The lowest BCUT2D eigenvalue weighted by Crippen LogP contribution is -2.34. The van der Waals surface area contributed by atoms with Gasteiger partial charge in [-0.15, -0.1) is 0 Å². The Morgan fingerprint density at radius 2 is 2.11 bits per heavy atom. The highest BCUT2D eigenvalue weighted by molar-refractivity contribution is 5.92. The first kappa shape index (κ1) is 17.0. The Hall–Kier alpha value is -3.12. The van der Waals surface area contributed by atoms with Crippen LogP contribution in [0, 0.1) is 6.92 Å². The maximum absolute atomic E-state index is 12.2. The van der Waals surface area contributed by atoms with E-state index in [0.717, 1.165) is 28.6 Å². The summed E-state index contributed by atoms with van der Waals surface area (Å²) in [4.78, 5) is 12.2. The van der Waals surface area contributed by atoms with Crippen LogP contribution in [0.4, 0.5) is 0 Å². The Bertz CT molecular complexity index is 1250. The fraction of sp³-hybridized carbons (Fsp3) is 0.273. The SMILES string of the molecule is Cc1cc2n[nH]c(=O)n2c2cc(-c3cccc(CNC4CCC4)c3)c(O)cc12. The van der Waals surface area contributed by atoms with Crippen LogP contribution < -0.4 is 11.0 Å². The van der Waals surface area contributed by atoms with Gasteiger partial charge in [0.1, 0.15) is 5.75 Å². The van der Waals surface area contributed by atoms with E-state index in [1.807, 2.05) is 31.2 Å². The van der Waals surface area contributed by atoms with Crippen molar-refractivity contribution < 1.29 is 5.11 Å². The molecule has 5 rings (SSSR count). The molecule has 1 aliphatic rings. The lowest BCUT2D eigenvalue weighted by atomic mass is 9.93. The lowest BCUT2D eigenvalue weighted by Gasteiger charge is -2.26. The van der Waals surface area contributed by atoms with Gasteiger partial charge in [-0.2, -0.15) is 5.10 Å². The molecule has 4 aromatic rings. The fourth-order valence-electron chi connectivity index (χ4n) is 3.94. The van der Waals surface area contributed by atoms with E-state index in [4.69, 9.17) is 0 Å². The number of fused-ring (bicyclic) bond motifs is 3. The minimum atomic E-state index is -0.282. The first-order valence-corrected chi connectivity index (χ1v) is 9.66. The molecule has 2 aromatic heterocycles. The summed E-state index contributed by atoms with van der Waals surface area (Å²) in [5.41, 5.74) is 4.80. The van der Waals surface area contributed by atoms with Crippen molar-refractivity contribution in [2.75, 3.05) is 0 Å². The Morgan fingerprint density at radius 3 is 2.89 bits per heavy atom. The molecule has 6 heteroatoms. The van der Waals surface area contributed by atoms with Gasteiger partial charge in [-0.05, 0) is 60.7 Å². The number of aromatic nitrogens is 3. The average molecular weight is 374 g/mol. The van der Waals surface area contributed by atoms with Crippen molar-refractivity contribution >= 4 is 16.6 Å². The van der Waals surface area contributed by atoms with Gasteiger partial charge in [-0.1, -0.05) is 24.6 Å². The topological polar surface area (TPSA) is 82.4 Å². The summed E-state index contributed by atoms with van der Waals surface area (Å²) in [7, 11) is 0. The molecule has 0 unspecified atom stereocenters. The van der Waals surface area contributed by atoms with Gasteiger partial charge in [-0.25, -0.2) is 14.3 Å². The Morgan fingerprint density at radius 1 is 1.25 bits per heavy atom. The second-order valence-electron chi connectivity index (χ2n) is 7.65. The molecule has 0 bridgehead atoms. The van der Waals surface area contributed by atoms with E-state index in [0.29, 0.717) is 17.3 Å². The number of rotatable bonds is 4. The van der Waals surface area contributed by atoms with Gasteiger partial charge in [0.2, 0.25) is 0 Å². The van der Waals surface area contributed by atoms with Gasteiger partial charge in [0.25, 0.3) is 0 Å². The number of benzene rings is 2. The molecule has 0 amide bonds. The smallest absolute Gasteiger partial charge is 0.348 e. The largest absolute Gasteiger partial charge is 0.507 e. The van der Waals surface area contributed by atoms with Crippen molar-refractivity contribution in [3.8, 4) is 16.9 Å². The number of phenols is 1. The van der Waals surface area contributed by atoms with Gasteiger partial charge in [-0.3, -0.25) is 0 Å². The van der Waals surface area contributed by atoms with Crippen molar-refractivity contribution in [2.45, 2.75) is 38.8 Å². The molecule has 2 aromatic carbocycles. The fourth-order valence-corrected chi connectivity index (χ4v) is 3.94. The lowest BCUT2D eigenvalue weighted by molar-refractivity contribution is 0.338. The number of hydrogen-bond acceptors (Lipinski definition) is 4. The third-order valence-electron chi connectivity index (χ3n) is 5.76. The van der Waals surface area contributed by atoms with Crippen molar-refractivity contribution in [2.24, 2.45) is 0 Å². The summed E-state index contributed by atoms with van der Waals surface area (Å²) in [5.74, 6) is 0.204. The highest BCUT2D eigenvalue weighted by Crippen LogP contribution is 2.35. The van der Waals surface area contributed by atoms with Crippen LogP contribution >= 0.6 is 0 Å². The third-order valence-corrected chi connectivity index (χ3v) is 5.76. The average Bonchev–Trinajstić information content (AvgIpc) is 3.01. The molecule has 0 aliphatic heterocycles. The maximum Gasteiger partial charge on any atom is 0.348 e. The predicted octanol–water partition coefficient (Wildman–Crippen LogP) is 3.50. The van der Waals surface area contributed by atoms with E-state index in [9.17, 15) is 9.90 Å². The molecule has 1 fully saturated rings. The highest BCUT2D eigenvalue weighted by atomic mass is 16.3. The number of pyridine rings is 1. The van der Waals surface area contributed by atoms with Crippen LogP contribution in [0.1, 0.15) is 30.4 Å². The number of nitrogens with zero attached hydrogens (tertiary/aromatic N) is 2. The zero-order valence-corrected chi connectivity index (χ0v) is 15.7. The summed E-state index contributed by atoms with van der Waals surface area (Å²) < 4.78 is 1.55. The number of hydrogen-bond donors (Lipinski definition) is 3. The van der Waals surface area contributed by atoms with Crippen LogP contribution in [0.3, 0.4) is 0 Å². The van der Waals surface area contributed by atoms with Crippen LogP contribution in [0.5, 0.6) is 5.75 Å². The molecule has 1 saturated carbocycles. The van der Waals surface area contributed by atoms with Crippen LogP contribution in [-0.4, -0.2) is 25.7 Å². The molecule has 0 atom stereocenters. The molecule has 2 heterocycles. The van der Waals surface area contributed by atoms with E-state index < -0.39 is 0 Å². The van der Waals surface area contributed by atoms with Gasteiger partial charge in [0, 0.05) is 23.5 Å². The van der Waals surface area contributed by atoms with E-state index >= 15 is 0 Å². The Kier molecular flexibility index (Phi) is 3.94.